The molecule has 150 valence electrons. The number of rotatable bonds is 21. The first-order chi connectivity index (χ1) is 12.4. The Balaban J connectivity index is 3.04. The number of allylic oxidation sites excluding steroid dienone is 2. The lowest BCUT2D eigenvalue weighted by Gasteiger charge is -2.01. The molecule has 0 unspecified atom stereocenters. The highest BCUT2D eigenvalue weighted by molar-refractivity contribution is 4.81. The molecule has 0 aromatic carbocycles. The van der Waals surface area contributed by atoms with Gasteiger partial charge in [-0.25, -0.2) is 0 Å². The van der Waals surface area contributed by atoms with Gasteiger partial charge in [0.05, 0.1) is 0 Å². The molecule has 0 aromatic rings. The van der Waals surface area contributed by atoms with E-state index in [0.29, 0.717) is 0 Å². The summed E-state index contributed by atoms with van der Waals surface area (Å²) in [5.41, 5.74) is 0. The van der Waals surface area contributed by atoms with Crippen molar-refractivity contribution in [3.05, 3.63) is 12.2 Å². The highest BCUT2D eigenvalue weighted by atomic mass is 14.0. The topological polar surface area (TPSA) is 0 Å². The van der Waals surface area contributed by atoms with Gasteiger partial charge in [0.2, 0.25) is 0 Å². The van der Waals surface area contributed by atoms with Crippen molar-refractivity contribution in [1.29, 1.82) is 0 Å². The molecular weight excluding hydrogens is 300 g/mol. The molecule has 0 saturated carbocycles. The molecule has 0 aliphatic rings. The average Bonchev–Trinajstić information content (AvgIpc) is 2.63. The van der Waals surface area contributed by atoms with Crippen LogP contribution in [0.5, 0.6) is 0 Å². The van der Waals surface area contributed by atoms with Crippen LogP contribution in [0.15, 0.2) is 12.2 Å². The lowest BCUT2D eigenvalue weighted by Crippen LogP contribution is -1.81. The van der Waals surface area contributed by atoms with Gasteiger partial charge in [0, 0.05) is 0 Å². The summed E-state index contributed by atoms with van der Waals surface area (Å²) in [5, 5.41) is 0. The third kappa shape index (κ3) is 23.7. The van der Waals surface area contributed by atoms with Crippen LogP contribution in [0.1, 0.15) is 149 Å². The summed E-state index contributed by atoms with van der Waals surface area (Å²) in [7, 11) is 0. The van der Waals surface area contributed by atoms with Crippen LogP contribution >= 0.6 is 0 Å². The van der Waals surface area contributed by atoms with E-state index in [1.165, 1.54) is 135 Å². The van der Waals surface area contributed by atoms with Crippen molar-refractivity contribution in [3.8, 4) is 0 Å². The van der Waals surface area contributed by atoms with Crippen LogP contribution < -0.4 is 0 Å². The molecule has 0 bridgehead atoms. The first-order valence-electron chi connectivity index (χ1n) is 12.1. The van der Waals surface area contributed by atoms with Crippen LogP contribution in [0.25, 0.3) is 0 Å². The molecule has 0 saturated heterocycles. The molecule has 0 aliphatic carbocycles. The molecule has 0 amide bonds. The lowest BCUT2D eigenvalue weighted by molar-refractivity contribution is 0.557. The van der Waals surface area contributed by atoms with E-state index in [0.717, 1.165) is 0 Å². The molecular formula is C25H50. The standard InChI is InChI=1S/C25H50/c1-3-5-7-9-11-13-15-17-19-21-23-25-24-22-20-18-16-14-12-10-8-6-4-2/h23,25H,3-22,24H2,1-2H3/b25-23+. The molecule has 0 radical (unpaired) electrons. The van der Waals surface area contributed by atoms with Crippen LogP contribution in [0.2, 0.25) is 0 Å². The zero-order valence-electron chi connectivity index (χ0n) is 18.0. The van der Waals surface area contributed by atoms with Crippen LogP contribution in [0.4, 0.5) is 0 Å². The highest BCUT2D eigenvalue weighted by Crippen LogP contribution is 2.12. The first kappa shape index (κ1) is 24.7. The summed E-state index contributed by atoms with van der Waals surface area (Å²) in [4.78, 5) is 0. The van der Waals surface area contributed by atoms with Crippen LogP contribution in [0, 0.1) is 0 Å². The zero-order chi connectivity index (χ0) is 18.3. The number of hydrogen-bond donors (Lipinski definition) is 0. The Morgan fingerprint density at radius 1 is 0.320 bits per heavy atom. The van der Waals surface area contributed by atoms with Crippen molar-refractivity contribution in [2.75, 3.05) is 0 Å². The molecule has 25 heavy (non-hydrogen) atoms. The average molecular weight is 351 g/mol. The third-order valence-electron chi connectivity index (χ3n) is 5.37. The molecule has 0 N–H and O–H groups in total. The Morgan fingerprint density at radius 2 is 0.560 bits per heavy atom. The van der Waals surface area contributed by atoms with E-state index in [1.54, 1.807) is 0 Å². The number of unbranched alkanes of at least 4 members (excludes halogenated alkanes) is 19. The van der Waals surface area contributed by atoms with Crippen molar-refractivity contribution < 1.29 is 0 Å². The molecule has 0 atom stereocenters. The van der Waals surface area contributed by atoms with E-state index in [1.807, 2.05) is 0 Å². The summed E-state index contributed by atoms with van der Waals surface area (Å²) in [6, 6.07) is 0. The van der Waals surface area contributed by atoms with Crippen molar-refractivity contribution in [2.45, 2.75) is 149 Å². The lowest BCUT2D eigenvalue weighted by atomic mass is 10.1. The van der Waals surface area contributed by atoms with Gasteiger partial charge in [0.25, 0.3) is 0 Å². The molecule has 0 aromatic heterocycles. The monoisotopic (exact) mass is 350 g/mol. The van der Waals surface area contributed by atoms with Crippen LogP contribution in [-0.2, 0) is 0 Å². The minimum absolute atomic E-state index is 1.31. The largest absolute Gasteiger partial charge is 0.0885 e. The van der Waals surface area contributed by atoms with Gasteiger partial charge in [0.1, 0.15) is 0 Å². The Morgan fingerprint density at radius 3 is 0.840 bits per heavy atom. The minimum Gasteiger partial charge on any atom is -0.0885 e. The highest BCUT2D eigenvalue weighted by Gasteiger charge is 1.93. The second kappa shape index (κ2) is 23.7. The maximum atomic E-state index is 2.44. The second-order valence-corrected chi connectivity index (χ2v) is 8.06. The Labute approximate surface area is 161 Å². The van der Waals surface area contributed by atoms with Gasteiger partial charge in [-0.15, -0.1) is 0 Å². The first-order valence-corrected chi connectivity index (χ1v) is 12.1. The molecule has 0 aliphatic heterocycles. The molecule has 0 fully saturated rings. The molecule has 0 spiro atoms. The van der Waals surface area contributed by atoms with Crippen LogP contribution in [-0.4, -0.2) is 0 Å². The SMILES string of the molecule is CCCCCCCCCCC/C=C/CCCCCCCCCCCC. The Hall–Kier alpha value is -0.260. The predicted molar refractivity (Wildman–Crippen MR) is 117 cm³/mol. The predicted octanol–water partition coefficient (Wildman–Crippen LogP) is 9.77. The summed E-state index contributed by atoms with van der Waals surface area (Å²) in [6.07, 6.45) is 34.9. The fourth-order valence-corrected chi connectivity index (χ4v) is 3.56. The maximum Gasteiger partial charge on any atom is -0.0351 e. The minimum atomic E-state index is 1.31. The number of hydrogen-bond acceptors (Lipinski definition) is 0. The summed E-state index contributed by atoms with van der Waals surface area (Å²) < 4.78 is 0. The maximum absolute atomic E-state index is 2.44. The molecule has 0 nitrogen and oxygen atoms in total. The third-order valence-corrected chi connectivity index (χ3v) is 5.37. The summed E-state index contributed by atoms with van der Waals surface area (Å²) >= 11 is 0. The van der Waals surface area contributed by atoms with E-state index >= 15 is 0 Å². The van der Waals surface area contributed by atoms with E-state index in [2.05, 4.69) is 26.0 Å². The zero-order valence-corrected chi connectivity index (χ0v) is 18.0. The van der Waals surface area contributed by atoms with E-state index in [9.17, 15) is 0 Å². The quantitative estimate of drug-likeness (QED) is 0.143. The molecule has 0 heteroatoms. The summed E-state index contributed by atoms with van der Waals surface area (Å²) in [6.45, 7) is 4.59. The van der Waals surface area contributed by atoms with Gasteiger partial charge in [-0.3, -0.25) is 0 Å². The van der Waals surface area contributed by atoms with Gasteiger partial charge >= 0.3 is 0 Å². The smallest absolute Gasteiger partial charge is 0.0351 e. The van der Waals surface area contributed by atoms with Gasteiger partial charge in [-0.05, 0) is 25.7 Å². The van der Waals surface area contributed by atoms with E-state index in [-0.39, 0.29) is 0 Å². The van der Waals surface area contributed by atoms with Crippen molar-refractivity contribution in [3.63, 3.8) is 0 Å². The Kier molecular flexibility index (Phi) is 23.5. The Bertz CT molecular complexity index is 240. The second-order valence-electron chi connectivity index (χ2n) is 8.06. The van der Waals surface area contributed by atoms with Crippen molar-refractivity contribution in [1.82, 2.24) is 0 Å². The normalized spacial score (nSPS) is 11.6. The molecule has 0 heterocycles. The van der Waals surface area contributed by atoms with Crippen LogP contribution in [0.3, 0.4) is 0 Å². The van der Waals surface area contributed by atoms with Crippen molar-refractivity contribution in [2.24, 2.45) is 0 Å². The van der Waals surface area contributed by atoms with Gasteiger partial charge in [0.15, 0.2) is 0 Å². The molecule has 0 rings (SSSR count). The fraction of sp³-hybridized carbons (Fsp3) is 0.920. The fourth-order valence-electron chi connectivity index (χ4n) is 3.56. The summed E-state index contributed by atoms with van der Waals surface area (Å²) in [5.74, 6) is 0. The van der Waals surface area contributed by atoms with E-state index < -0.39 is 0 Å². The van der Waals surface area contributed by atoms with Gasteiger partial charge < -0.3 is 0 Å². The van der Waals surface area contributed by atoms with E-state index in [4.69, 9.17) is 0 Å². The van der Waals surface area contributed by atoms with Crippen molar-refractivity contribution >= 4 is 0 Å². The van der Waals surface area contributed by atoms with Gasteiger partial charge in [-0.2, -0.15) is 0 Å². The van der Waals surface area contributed by atoms with Gasteiger partial charge in [-0.1, -0.05) is 135 Å².